The highest BCUT2D eigenvalue weighted by atomic mass is 35.5. The molecule has 208 valence electrons. The third-order valence-corrected chi connectivity index (χ3v) is 6.89. The molecular formula is C32H40ClN3O3. The molecule has 0 heterocycles. The minimum absolute atomic E-state index is 0.0531. The average molecular weight is 550 g/mol. The second kappa shape index (κ2) is 14.8. The van der Waals surface area contributed by atoms with Crippen molar-refractivity contribution in [3.8, 4) is 0 Å². The van der Waals surface area contributed by atoms with Gasteiger partial charge in [-0.3, -0.25) is 9.59 Å². The van der Waals surface area contributed by atoms with Gasteiger partial charge >= 0.3 is 0 Å². The van der Waals surface area contributed by atoms with E-state index in [-0.39, 0.29) is 18.4 Å². The fraction of sp³-hybridized carbons (Fsp3) is 0.375. The smallest absolute Gasteiger partial charge is 0.254 e. The molecular weight excluding hydrogens is 510 g/mol. The lowest BCUT2D eigenvalue weighted by molar-refractivity contribution is 0.0554. The first-order chi connectivity index (χ1) is 18.7. The van der Waals surface area contributed by atoms with Gasteiger partial charge in [-0.25, -0.2) is 0 Å². The molecule has 0 bridgehead atoms. The van der Waals surface area contributed by atoms with Crippen LogP contribution in [-0.2, 0) is 13.0 Å². The van der Waals surface area contributed by atoms with E-state index in [0.717, 1.165) is 29.5 Å². The summed E-state index contributed by atoms with van der Waals surface area (Å²) in [6.07, 6.45) is 1.22. The largest absolute Gasteiger partial charge is 0.390 e. The molecule has 0 unspecified atom stereocenters. The van der Waals surface area contributed by atoms with E-state index >= 15 is 0 Å². The lowest BCUT2D eigenvalue weighted by atomic mass is 10.0. The maximum atomic E-state index is 13.9. The van der Waals surface area contributed by atoms with Crippen molar-refractivity contribution in [1.29, 1.82) is 0 Å². The van der Waals surface area contributed by atoms with Gasteiger partial charge in [-0.15, -0.1) is 0 Å². The molecule has 3 aromatic carbocycles. The first kappa shape index (κ1) is 30.4. The Kier molecular flexibility index (Phi) is 11.5. The molecule has 0 saturated heterocycles. The normalized spacial score (nSPS) is 12.6. The second-order valence-corrected chi connectivity index (χ2v) is 10.5. The van der Waals surface area contributed by atoms with Gasteiger partial charge in [0.15, 0.2) is 0 Å². The molecule has 0 aromatic heterocycles. The fourth-order valence-corrected chi connectivity index (χ4v) is 4.79. The molecule has 3 aromatic rings. The highest BCUT2D eigenvalue weighted by Gasteiger charge is 2.25. The van der Waals surface area contributed by atoms with Gasteiger partial charge in [0.05, 0.1) is 6.10 Å². The molecule has 3 N–H and O–H groups in total. The first-order valence-corrected chi connectivity index (χ1v) is 14.0. The number of aliphatic hydroxyl groups excluding tert-OH is 1. The highest BCUT2D eigenvalue weighted by Crippen LogP contribution is 2.18. The summed E-state index contributed by atoms with van der Waals surface area (Å²) >= 11 is 5.99. The van der Waals surface area contributed by atoms with Crippen LogP contribution in [0.4, 0.5) is 0 Å². The van der Waals surface area contributed by atoms with Crippen LogP contribution >= 0.6 is 11.6 Å². The summed E-state index contributed by atoms with van der Waals surface area (Å²) in [6, 6.07) is 21.7. The van der Waals surface area contributed by atoms with Crippen molar-refractivity contribution >= 4 is 23.4 Å². The Morgan fingerprint density at radius 1 is 0.846 bits per heavy atom. The highest BCUT2D eigenvalue weighted by molar-refractivity contribution is 6.30. The van der Waals surface area contributed by atoms with E-state index in [1.165, 1.54) is 0 Å². The maximum absolute atomic E-state index is 13.9. The van der Waals surface area contributed by atoms with Crippen molar-refractivity contribution in [2.45, 2.75) is 58.7 Å². The van der Waals surface area contributed by atoms with Crippen LogP contribution in [0, 0.1) is 6.92 Å². The average Bonchev–Trinajstić information content (AvgIpc) is 2.93. The van der Waals surface area contributed by atoms with Crippen molar-refractivity contribution in [3.05, 3.63) is 106 Å². The molecule has 2 atom stereocenters. The number of amides is 2. The van der Waals surface area contributed by atoms with E-state index in [0.29, 0.717) is 42.2 Å². The van der Waals surface area contributed by atoms with E-state index in [2.05, 4.69) is 0 Å². The van der Waals surface area contributed by atoms with Crippen LogP contribution in [0.25, 0.3) is 0 Å². The number of aliphatic hydroxyl groups is 1. The molecule has 0 aliphatic carbocycles. The van der Waals surface area contributed by atoms with Crippen molar-refractivity contribution < 1.29 is 14.7 Å². The molecule has 39 heavy (non-hydrogen) atoms. The fourth-order valence-electron chi connectivity index (χ4n) is 4.66. The quantitative estimate of drug-likeness (QED) is 0.295. The molecule has 7 heteroatoms. The lowest BCUT2D eigenvalue weighted by Gasteiger charge is -2.29. The summed E-state index contributed by atoms with van der Waals surface area (Å²) in [5.41, 5.74) is 10.0. The number of carbonyl (C=O) groups is 2. The standard InChI is InChI=1S/C32H40ClN3O3/c1-4-15-35(16-5-2)31(38)26-17-23(3)18-27(20-26)32(39)36(21-25-9-7-6-8-10-25)22-30(37)29(34)19-24-11-13-28(33)14-12-24/h6-14,17-18,20,29-30,37H,4-5,15-16,19,21-22,34H2,1-3H3/t29-,30+/m0/s1. The Balaban J connectivity index is 1.86. The Morgan fingerprint density at radius 3 is 1.97 bits per heavy atom. The molecule has 0 spiro atoms. The third-order valence-electron chi connectivity index (χ3n) is 6.64. The molecule has 0 aliphatic heterocycles. The van der Waals surface area contributed by atoms with E-state index in [9.17, 15) is 14.7 Å². The number of benzene rings is 3. The van der Waals surface area contributed by atoms with Crippen LogP contribution < -0.4 is 5.73 Å². The van der Waals surface area contributed by atoms with Crippen LogP contribution in [0.2, 0.25) is 5.02 Å². The SMILES string of the molecule is CCCN(CCC)C(=O)c1cc(C)cc(C(=O)N(Cc2ccccc2)C[C@@H](O)[C@@H](N)Cc2ccc(Cl)cc2)c1. The Bertz CT molecular complexity index is 1210. The van der Waals surface area contributed by atoms with Gasteiger partial charge in [0.1, 0.15) is 0 Å². The van der Waals surface area contributed by atoms with Crippen LogP contribution in [0.1, 0.15) is 64.1 Å². The van der Waals surface area contributed by atoms with Crippen molar-refractivity contribution in [3.63, 3.8) is 0 Å². The monoisotopic (exact) mass is 549 g/mol. The zero-order chi connectivity index (χ0) is 28.4. The number of hydrogen-bond donors (Lipinski definition) is 2. The van der Waals surface area contributed by atoms with Gasteiger partial charge in [-0.1, -0.05) is 67.9 Å². The van der Waals surface area contributed by atoms with Crippen molar-refractivity contribution in [1.82, 2.24) is 9.80 Å². The summed E-state index contributed by atoms with van der Waals surface area (Å²) in [7, 11) is 0. The van der Waals surface area contributed by atoms with E-state index in [4.69, 9.17) is 17.3 Å². The van der Waals surface area contributed by atoms with Gasteiger partial charge < -0.3 is 20.6 Å². The minimum atomic E-state index is -0.955. The lowest BCUT2D eigenvalue weighted by Crippen LogP contribution is -2.46. The number of rotatable bonds is 13. The zero-order valence-corrected chi connectivity index (χ0v) is 23.9. The number of carbonyl (C=O) groups excluding carboxylic acids is 2. The number of nitrogens with zero attached hydrogens (tertiary/aromatic N) is 2. The summed E-state index contributed by atoms with van der Waals surface area (Å²) in [5.74, 6) is -0.331. The van der Waals surface area contributed by atoms with Crippen LogP contribution in [0.5, 0.6) is 0 Å². The van der Waals surface area contributed by atoms with Gasteiger partial charge in [0, 0.05) is 48.4 Å². The molecule has 0 radical (unpaired) electrons. The number of aryl methyl sites for hydroxylation is 1. The van der Waals surface area contributed by atoms with E-state index in [1.807, 2.05) is 74.2 Å². The molecule has 6 nitrogen and oxygen atoms in total. The van der Waals surface area contributed by atoms with Crippen molar-refractivity contribution in [2.24, 2.45) is 5.73 Å². The van der Waals surface area contributed by atoms with Crippen LogP contribution in [0.15, 0.2) is 72.8 Å². The molecule has 3 rings (SSSR count). The molecule has 0 saturated carbocycles. The predicted octanol–water partition coefficient (Wildman–Crippen LogP) is 5.48. The van der Waals surface area contributed by atoms with Crippen LogP contribution in [-0.4, -0.2) is 58.5 Å². The maximum Gasteiger partial charge on any atom is 0.254 e. The summed E-state index contributed by atoms with van der Waals surface area (Å²) in [5, 5.41) is 11.7. The first-order valence-electron chi connectivity index (χ1n) is 13.6. The number of halogens is 1. The number of nitrogens with two attached hydrogens (primary N) is 1. The van der Waals surface area contributed by atoms with E-state index < -0.39 is 12.1 Å². The topological polar surface area (TPSA) is 86.9 Å². The second-order valence-electron chi connectivity index (χ2n) is 10.1. The van der Waals surface area contributed by atoms with E-state index in [1.54, 1.807) is 29.2 Å². The zero-order valence-electron chi connectivity index (χ0n) is 23.1. The Hall–Kier alpha value is -3.19. The molecule has 0 aliphatic rings. The van der Waals surface area contributed by atoms with Crippen molar-refractivity contribution in [2.75, 3.05) is 19.6 Å². The summed E-state index contributed by atoms with van der Waals surface area (Å²) in [6.45, 7) is 7.67. The number of hydrogen-bond acceptors (Lipinski definition) is 4. The third kappa shape index (κ3) is 8.92. The molecule has 0 fully saturated rings. The summed E-state index contributed by atoms with van der Waals surface area (Å²) < 4.78 is 0. The van der Waals surface area contributed by atoms with Gasteiger partial charge in [-0.2, -0.15) is 0 Å². The van der Waals surface area contributed by atoms with Gasteiger partial charge in [0.25, 0.3) is 11.8 Å². The van der Waals surface area contributed by atoms with Gasteiger partial charge in [0.2, 0.25) is 0 Å². The predicted molar refractivity (Wildman–Crippen MR) is 158 cm³/mol. The molecule has 2 amide bonds. The Morgan fingerprint density at radius 2 is 1.41 bits per heavy atom. The summed E-state index contributed by atoms with van der Waals surface area (Å²) in [4.78, 5) is 30.6. The Labute approximate surface area is 237 Å². The van der Waals surface area contributed by atoms with Crippen LogP contribution in [0.3, 0.4) is 0 Å². The minimum Gasteiger partial charge on any atom is -0.390 e. The van der Waals surface area contributed by atoms with Gasteiger partial charge in [-0.05, 0) is 73.2 Å².